The summed E-state index contributed by atoms with van der Waals surface area (Å²) in [7, 11) is -2.56. The number of allylic oxidation sites excluding steroid dienone is 2. The molecule has 0 unspecified atom stereocenters. The van der Waals surface area contributed by atoms with Crippen LogP contribution < -0.4 is 15.4 Å². The van der Waals surface area contributed by atoms with E-state index < -0.39 is 27.5 Å². The number of piperidine rings is 1. The molecule has 1 amide bonds. The van der Waals surface area contributed by atoms with Crippen molar-refractivity contribution in [2.24, 2.45) is 11.1 Å². The highest BCUT2D eigenvalue weighted by Gasteiger charge is 2.45. The molecule has 9 nitrogen and oxygen atoms in total. The maximum Gasteiger partial charge on any atom is 0.417 e. The first kappa shape index (κ1) is 30.3. The number of alkyl halides is 3. The number of anilines is 1. The lowest BCUT2D eigenvalue weighted by Crippen LogP contribution is -2.42. The van der Waals surface area contributed by atoms with Gasteiger partial charge in [-0.05, 0) is 67.4 Å². The topological polar surface area (TPSA) is 129 Å². The molecule has 7 rings (SSSR count). The van der Waals surface area contributed by atoms with Gasteiger partial charge in [0.15, 0.2) is 15.5 Å². The molecule has 2 aromatic carbocycles. The second kappa shape index (κ2) is 10.6. The number of primary amides is 1. The number of amides is 1. The normalized spacial score (nSPS) is 18.0. The second-order valence-corrected chi connectivity index (χ2v) is 14.4. The number of nitrogens with zero attached hydrogens (tertiary/aromatic N) is 3. The Labute approximate surface area is 263 Å². The van der Waals surface area contributed by atoms with Gasteiger partial charge in [0.25, 0.3) is 5.91 Å². The number of carbonyl (C=O) groups excluding carboxylic acids is 1. The van der Waals surface area contributed by atoms with Crippen molar-refractivity contribution in [2.45, 2.75) is 49.1 Å². The number of carbonyl (C=O) groups is 1. The predicted octanol–water partition coefficient (Wildman–Crippen LogP) is 6.37. The first-order valence-electron chi connectivity index (χ1n) is 14.9. The Morgan fingerprint density at radius 2 is 1.83 bits per heavy atom. The van der Waals surface area contributed by atoms with Crippen molar-refractivity contribution in [3.8, 4) is 17.0 Å². The zero-order valence-electron chi connectivity index (χ0n) is 25.1. The van der Waals surface area contributed by atoms with E-state index in [0.717, 1.165) is 49.3 Å². The molecule has 2 N–H and O–H groups in total. The molecule has 1 saturated heterocycles. The van der Waals surface area contributed by atoms with Gasteiger partial charge in [0, 0.05) is 47.5 Å². The van der Waals surface area contributed by atoms with E-state index in [4.69, 9.17) is 15.0 Å². The Hall–Kier alpha value is -4.39. The van der Waals surface area contributed by atoms with Crippen molar-refractivity contribution in [2.75, 3.05) is 31.4 Å². The van der Waals surface area contributed by atoms with E-state index in [1.54, 1.807) is 12.1 Å². The molecule has 2 aromatic heterocycles. The van der Waals surface area contributed by atoms with Crippen LogP contribution in [0.1, 0.15) is 65.4 Å². The smallest absolute Gasteiger partial charge is 0.417 e. The van der Waals surface area contributed by atoms with Gasteiger partial charge in [0.1, 0.15) is 22.1 Å². The van der Waals surface area contributed by atoms with E-state index in [1.807, 2.05) is 12.1 Å². The Bertz CT molecular complexity index is 2040. The van der Waals surface area contributed by atoms with Gasteiger partial charge in [0.2, 0.25) is 0 Å². The fourth-order valence-electron chi connectivity index (χ4n) is 6.88. The largest absolute Gasteiger partial charge is 0.495 e. The van der Waals surface area contributed by atoms with Gasteiger partial charge in [-0.1, -0.05) is 29.4 Å². The number of aromatic nitrogens is 2. The van der Waals surface area contributed by atoms with E-state index in [0.29, 0.717) is 41.7 Å². The minimum Gasteiger partial charge on any atom is -0.495 e. The summed E-state index contributed by atoms with van der Waals surface area (Å²) in [6.45, 7) is 1.40. The van der Waals surface area contributed by atoms with Crippen LogP contribution in [0.2, 0.25) is 0 Å². The first-order chi connectivity index (χ1) is 21.8. The van der Waals surface area contributed by atoms with Crippen LogP contribution in [0.4, 0.5) is 18.9 Å². The van der Waals surface area contributed by atoms with Crippen LogP contribution in [0.3, 0.4) is 0 Å². The lowest BCUT2D eigenvalue weighted by molar-refractivity contribution is -0.137. The summed E-state index contributed by atoms with van der Waals surface area (Å²) in [5.74, 6) is -0.0928. The van der Waals surface area contributed by atoms with Crippen molar-refractivity contribution in [3.63, 3.8) is 0 Å². The Morgan fingerprint density at radius 3 is 2.43 bits per heavy atom. The number of rotatable bonds is 7. The highest BCUT2D eigenvalue weighted by atomic mass is 32.2. The molecule has 1 spiro atoms. The summed E-state index contributed by atoms with van der Waals surface area (Å²) in [6, 6.07) is 10.9. The van der Waals surface area contributed by atoms with Crippen LogP contribution in [0, 0.1) is 5.41 Å². The number of benzene rings is 2. The van der Waals surface area contributed by atoms with Crippen molar-refractivity contribution in [1.82, 2.24) is 10.1 Å². The summed E-state index contributed by atoms with van der Waals surface area (Å²) in [5, 5.41) is 4.63. The quantitative estimate of drug-likeness (QED) is 0.244. The van der Waals surface area contributed by atoms with Crippen LogP contribution in [0.5, 0.6) is 5.75 Å². The minimum atomic E-state index is -4.52. The molecular weight excluding hydrogens is 621 g/mol. The number of ether oxygens (including phenoxy) is 1. The first-order valence-corrected chi connectivity index (χ1v) is 16.8. The molecule has 13 heteroatoms. The summed E-state index contributed by atoms with van der Waals surface area (Å²) < 4.78 is 78.2. The zero-order valence-corrected chi connectivity index (χ0v) is 26.0. The van der Waals surface area contributed by atoms with Crippen molar-refractivity contribution >= 4 is 37.9 Å². The molecule has 0 bridgehead atoms. The SMILES string of the molecule is COc1c(S(C)(=O)=O)c(C(N)=O)nc2ccc(N3CCC4(C=C(c5c(-c6ccccc6C(F)(F)F)noc5C5CC5)C4)CC3)cc12. The Morgan fingerprint density at radius 1 is 1.13 bits per heavy atom. The lowest BCUT2D eigenvalue weighted by Gasteiger charge is -2.47. The third kappa shape index (κ3) is 5.10. The number of sulfone groups is 1. The fourth-order valence-corrected chi connectivity index (χ4v) is 7.91. The van der Waals surface area contributed by atoms with Crippen LogP contribution in [0.25, 0.3) is 27.7 Å². The Balaban J connectivity index is 1.17. The average molecular weight is 653 g/mol. The van der Waals surface area contributed by atoms with Crippen molar-refractivity contribution in [1.29, 1.82) is 0 Å². The van der Waals surface area contributed by atoms with Crippen LogP contribution in [0.15, 0.2) is 58.0 Å². The van der Waals surface area contributed by atoms with Gasteiger partial charge in [-0.3, -0.25) is 4.79 Å². The Kier molecular flexibility index (Phi) is 6.96. The van der Waals surface area contributed by atoms with E-state index in [2.05, 4.69) is 21.1 Å². The zero-order chi connectivity index (χ0) is 32.6. The summed E-state index contributed by atoms with van der Waals surface area (Å²) in [5.41, 5.74) is 7.45. The summed E-state index contributed by atoms with van der Waals surface area (Å²) in [4.78, 5) is 18.2. The minimum absolute atomic E-state index is 0.0197. The highest BCUT2D eigenvalue weighted by Crippen LogP contribution is 2.56. The van der Waals surface area contributed by atoms with Crippen LogP contribution in [-0.2, 0) is 16.0 Å². The van der Waals surface area contributed by atoms with Gasteiger partial charge in [0.05, 0.1) is 18.2 Å². The van der Waals surface area contributed by atoms with Crippen molar-refractivity contribution < 1.29 is 35.6 Å². The number of fused-ring (bicyclic) bond motifs is 1. The second-order valence-electron chi connectivity index (χ2n) is 12.4. The van der Waals surface area contributed by atoms with Gasteiger partial charge < -0.3 is 19.9 Å². The van der Waals surface area contributed by atoms with Gasteiger partial charge in [-0.25, -0.2) is 13.4 Å². The monoisotopic (exact) mass is 652 g/mol. The van der Waals surface area contributed by atoms with E-state index in [9.17, 15) is 26.4 Å². The molecule has 2 aliphatic carbocycles. The molecule has 0 radical (unpaired) electrons. The number of nitrogens with two attached hydrogens (primary N) is 1. The van der Waals surface area contributed by atoms with Crippen molar-refractivity contribution in [3.05, 3.63) is 71.1 Å². The molecule has 3 aliphatic rings. The number of halogens is 3. The molecule has 1 saturated carbocycles. The molecule has 0 atom stereocenters. The summed E-state index contributed by atoms with van der Waals surface area (Å²) >= 11 is 0. The maximum atomic E-state index is 13.9. The molecule has 46 heavy (non-hydrogen) atoms. The van der Waals surface area contributed by atoms with E-state index in [1.165, 1.54) is 19.2 Å². The molecule has 1 aliphatic heterocycles. The van der Waals surface area contributed by atoms with Gasteiger partial charge in [-0.15, -0.1) is 0 Å². The van der Waals surface area contributed by atoms with Gasteiger partial charge in [-0.2, -0.15) is 13.2 Å². The number of methoxy groups -OCH3 is 1. The predicted molar refractivity (Wildman–Crippen MR) is 165 cm³/mol. The van der Waals surface area contributed by atoms with Crippen LogP contribution >= 0.6 is 0 Å². The lowest BCUT2D eigenvalue weighted by atomic mass is 9.63. The summed E-state index contributed by atoms with van der Waals surface area (Å²) in [6.07, 6.45) is 2.86. The third-order valence-corrected chi connectivity index (χ3v) is 10.4. The van der Waals surface area contributed by atoms with Gasteiger partial charge >= 0.3 is 6.18 Å². The molecule has 240 valence electrons. The number of pyridine rings is 1. The molecular formula is C33H31F3N4O5S. The van der Waals surface area contributed by atoms with E-state index in [-0.39, 0.29) is 38.9 Å². The molecule has 3 heterocycles. The fraction of sp³-hybridized carbons (Fsp3) is 0.364. The maximum absolute atomic E-state index is 13.9. The molecule has 4 aromatic rings. The number of hydrogen-bond donors (Lipinski definition) is 1. The standard InChI is InChI=1S/C33H31F3N4O5S/c1-44-29-22-15-20(9-10-24(22)38-27(31(37)41)30(29)46(2,42)43)40-13-11-32(12-14-40)16-19(17-32)25-26(39-45-28(25)18-7-8-18)21-5-3-4-6-23(21)33(34,35)36/h3-6,9-10,15-16,18H,7-8,11-14,17H2,1-2H3,(H2,37,41). The molecule has 2 fully saturated rings. The number of hydrogen-bond acceptors (Lipinski definition) is 8. The van der Waals surface area contributed by atoms with E-state index >= 15 is 0 Å². The van der Waals surface area contributed by atoms with Crippen LogP contribution in [-0.4, -0.2) is 50.9 Å². The third-order valence-electron chi connectivity index (χ3n) is 9.31. The highest BCUT2D eigenvalue weighted by molar-refractivity contribution is 7.91. The average Bonchev–Trinajstić information content (AvgIpc) is 3.75.